The lowest BCUT2D eigenvalue weighted by Crippen LogP contribution is -2.33. The molecule has 0 saturated heterocycles. The Hall–Kier alpha value is -2.43. The molecule has 1 aliphatic rings. The highest BCUT2D eigenvalue weighted by Crippen LogP contribution is 2.43. The first kappa shape index (κ1) is 11.6. The van der Waals surface area contributed by atoms with Crippen LogP contribution in [0.3, 0.4) is 0 Å². The van der Waals surface area contributed by atoms with E-state index >= 15 is 0 Å². The summed E-state index contributed by atoms with van der Waals surface area (Å²) in [5.74, 6) is 0.382. The van der Waals surface area contributed by atoms with Crippen LogP contribution in [0.5, 0.6) is 0 Å². The van der Waals surface area contributed by atoms with Crippen molar-refractivity contribution < 1.29 is 4.79 Å². The molecule has 1 amide bonds. The summed E-state index contributed by atoms with van der Waals surface area (Å²) in [5.41, 5.74) is 7.38. The predicted molar refractivity (Wildman–Crippen MR) is 73.1 cm³/mol. The maximum Gasteiger partial charge on any atom is 0.243 e. The molecule has 2 N–H and O–H groups in total. The van der Waals surface area contributed by atoms with Gasteiger partial charge in [0.1, 0.15) is 5.82 Å². The lowest BCUT2D eigenvalue weighted by molar-refractivity contribution is -0.121. The maximum atomic E-state index is 12.6. The Morgan fingerprint density at radius 1 is 1.21 bits per heavy atom. The molecule has 2 aromatic heterocycles. The van der Waals surface area contributed by atoms with E-state index in [2.05, 4.69) is 9.97 Å². The number of rotatable bonds is 1. The minimum atomic E-state index is -0.630. The van der Waals surface area contributed by atoms with Crippen LogP contribution < -0.4 is 10.6 Å². The number of nitrogens with two attached hydrogens (primary N) is 1. The molecular formula is C14H14N4O. The van der Waals surface area contributed by atoms with Gasteiger partial charge in [-0.2, -0.15) is 0 Å². The highest BCUT2D eigenvalue weighted by Gasteiger charge is 2.45. The van der Waals surface area contributed by atoms with E-state index in [1.807, 2.05) is 26.0 Å². The summed E-state index contributed by atoms with van der Waals surface area (Å²) in [7, 11) is 0. The van der Waals surface area contributed by atoms with Gasteiger partial charge in [-0.05, 0) is 32.0 Å². The molecule has 0 fully saturated rings. The van der Waals surface area contributed by atoms with Crippen LogP contribution in [-0.4, -0.2) is 15.9 Å². The number of fused-ring (bicyclic) bond motifs is 1. The lowest BCUT2D eigenvalue weighted by Gasteiger charge is -2.20. The zero-order valence-electron chi connectivity index (χ0n) is 10.8. The third-order valence-corrected chi connectivity index (χ3v) is 3.38. The second kappa shape index (κ2) is 3.78. The largest absolute Gasteiger partial charge is 0.384 e. The fourth-order valence-corrected chi connectivity index (χ4v) is 2.38. The highest BCUT2D eigenvalue weighted by atomic mass is 16.2. The minimum absolute atomic E-state index is 0.00759. The number of nitrogens with zero attached hydrogens (tertiary/aromatic N) is 3. The van der Waals surface area contributed by atoms with Gasteiger partial charge in [-0.1, -0.05) is 0 Å². The van der Waals surface area contributed by atoms with E-state index in [-0.39, 0.29) is 5.91 Å². The van der Waals surface area contributed by atoms with Gasteiger partial charge in [-0.25, -0.2) is 4.98 Å². The zero-order valence-corrected chi connectivity index (χ0v) is 10.8. The highest BCUT2D eigenvalue weighted by molar-refractivity contribution is 6.12. The van der Waals surface area contributed by atoms with Crippen LogP contribution in [0, 0.1) is 0 Å². The minimum Gasteiger partial charge on any atom is -0.384 e. The summed E-state index contributed by atoms with van der Waals surface area (Å²) >= 11 is 0. The SMILES string of the molecule is CC1(C)C(=O)N(c2ccnc(N)c2)c2cccnc21. The first-order valence-corrected chi connectivity index (χ1v) is 6.03. The smallest absolute Gasteiger partial charge is 0.243 e. The molecule has 0 bridgehead atoms. The van der Waals surface area contributed by atoms with Crippen molar-refractivity contribution in [3.8, 4) is 0 Å². The standard InChI is InChI=1S/C14H14N4O/c1-14(2)12-10(4-3-6-17-12)18(13(14)19)9-5-7-16-11(15)8-9/h3-8H,1-2H3,(H2,15,16). The third-order valence-electron chi connectivity index (χ3n) is 3.38. The van der Waals surface area contributed by atoms with Gasteiger partial charge in [0.05, 0.1) is 22.5 Å². The summed E-state index contributed by atoms with van der Waals surface area (Å²) in [6.07, 6.45) is 3.30. The summed E-state index contributed by atoms with van der Waals surface area (Å²) in [5, 5.41) is 0. The van der Waals surface area contributed by atoms with Crippen LogP contribution in [0.15, 0.2) is 36.7 Å². The summed E-state index contributed by atoms with van der Waals surface area (Å²) in [4.78, 5) is 22.6. The number of nitrogen functional groups attached to an aromatic ring is 1. The molecule has 0 atom stereocenters. The van der Waals surface area contributed by atoms with E-state index < -0.39 is 5.41 Å². The molecule has 0 aromatic carbocycles. The molecule has 1 aliphatic heterocycles. The third kappa shape index (κ3) is 1.58. The topological polar surface area (TPSA) is 72.1 Å². The van der Waals surface area contributed by atoms with Crippen LogP contribution in [0.4, 0.5) is 17.2 Å². The summed E-state index contributed by atoms with van der Waals surface area (Å²) in [6, 6.07) is 7.18. The molecule has 0 saturated carbocycles. The quantitative estimate of drug-likeness (QED) is 0.845. The van der Waals surface area contributed by atoms with Crippen molar-refractivity contribution in [3.05, 3.63) is 42.4 Å². The molecule has 5 nitrogen and oxygen atoms in total. The molecule has 3 heterocycles. The molecule has 5 heteroatoms. The number of anilines is 3. The van der Waals surface area contributed by atoms with Gasteiger partial charge in [0.25, 0.3) is 0 Å². The molecule has 0 spiro atoms. The van der Waals surface area contributed by atoms with Crippen LogP contribution in [0.2, 0.25) is 0 Å². The van der Waals surface area contributed by atoms with Crippen LogP contribution in [0.25, 0.3) is 0 Å². The van der Waals surface area contributed by atoms with E-state index in [0.29, 0.717) is 5.82 Å². The Morgan fingerprint density at radius 2 is 2.00 bits per heavy atom. The van der Waals surface area contributed by atoms with Crippen LogP contribution in [0.1, 0.15) is 19.5 Å². The van der Waals surface area contributed by atoms with Gasteiger partial charge < -0.3 is 5.73 Å². The first-order chi connectivity index (χ1) is 9.01. The number of carbonyl (C=O) groups is 1. The van der Waals surface area contributed by atoms with E-state index in [9.17, 15) is 4.79 Å². The van der Waals surface area contributed by atoms with Gasteiger partial charge in [0, 0.05) is 18.5 Å². The number of aromatic nitrogens is 2. The van der Waals surface area contributed by atoms with Crippen molar-refractivity contribution in [1.29, 1.82) is 0 Å². The maximum absolute atomic E-state index is 12.6. The fraction of sp³-hybridized carbons (Fsp3) is 0.214. The fourth-order valence-electron chi connectivity index (χ4n) is 2.38. The Bertz CT molecular complexity index is 666. The van der Waals surface area contributed by atoms with Gasteiger partial charge in [0.15, 0.2) is 0 Å². The normalized spacial score (nSPS) is 16.5. The molecule has 2 aromatic rings. The van der Waals surface area contributed by atoms with E-state index in [1.165, 1.54) is 0 Å². The predicted octanol–water partition coefficient (Wildman–Crippen LogP) is 2.01. The molecule has 96 valence electrons. The summed E-state index contributed by atoms with van der Waals surface area (Å²) < 4.78 is 0. The van der Waals surface area contributed by atoms with Crippen molar-refractivity contribution in [2.75, 3.05) is 10.6 Å². The number of hydrogen-bond acceptors (Lipinski definition) is 4. The average Bonchev–Trinajstić information content (AvgIpc) is 2.58. The second-order valence-electron chi connectivity index (χ2n) is 5.08. The van der Waals surface area contributed by atoms with Crippen molar-refractivity contribution in [2.45, 2.75) is 19.3 Å². The molecule has 19 heavy (non-hydrogen) atoms. The van der Waals surface area contributed by atoms with Crippen molar-refractivity contribution in [3.63, 3.8) is 0 Å². The van der Waals surface area contributed by atoms with Crippen molar-refractivity contribution in [2.24, 2.45) is 0 Å². The zero-order chi connectivity index (χ0) is 13.6. The van der Waals surface area contributed by atoms with Gasteiger partial charge in [0.2, 0.25) is 5.91 Å². The van der Waals surface area contributed by atoms with Crippen molar-refractivity contribution in [1.82, 2.24) is 9.97 Å². The summed E-state index contributed by atoms with van der Waals surface area (Å²) in [6.45, 7) is 3.76. The molecule has 0 aliphatic carbocycles. The van der Waals surface area contributed by atoms with Gasteiger partial charge in [-0.3, -0.25) is 14.7 Å². The molecule has 0 unspecified atom stereocenters. The monoisotopic (exact) mass is 254 g/mol. The lowest BCUT2D eigenvalue weighted by atomic mass is 9.90. The van der Waals surface area contributed by atoms with Crippen molar-refractivity contribution >= 4 is 23.1 Å². The Kier molecular flexibility index (Phi) is 2.32. The Labute approximate surface area is 111 Å². The van der Waals surface area contributed by atoms with Gasteiger partial charge >= 0.3 is 0 Å². The second-order valence-corrected chi connectivity index (χ2v) is 5.08. The molecule has 0 radical (unpaired) electrons. The van der Waals surface area contributed by atoms with Crippen LogP contribution in [-0.2, 0) is 10.2 Å². The number of carbonyl (C=O) groups excluding carboxylic acids is 1. The average molecular weight is 254 g/mol. The van der Waals surface area contributed by atoms with E-state index in [0.717, 1.165) is 17.1 Å². The van der Waals surface area contributed by atoms with Crippen LogP contribution >= 0.6 is 0 Å². The number of hydrogen-bond donors (Lipinski definition) is 1. The van der Waals surface area contributed by atoms with Gasteiger partial charge in [-0.15, -0.1) is 0 Å². The van der Waals surface area contributed by atoms with E-state index in [4.69, 9.17) is 5.73 Å². The Morgan fingerprint density at radius 3 is 2.74 bits per heavy atom. The number of pyridine rings is 2. The first-order valence-electron chi connectivity index (χ1n) is 6.03. The molecule has 3 rings (SSSR count). The van der Waals surface area contributed by atoms with E-state index in [1.54, 1.807) is 29.4 Å². The molecular weight excluding hydrogens is 240 g/mol. The Balaban J connectivity index is 2.21. The number of amides is 1.